The Labute approximate surface area is 110 Å². The van der Waals surface area contributed by atoms with Crippen molar-refractivity contribution in [1.82, 2.24) is 15.1 Å². The van der Waals surface area contributed by atoms with E-state index < -0.39 is 5.92 Å². The van der Waals surface area contributed by atoms with Gasteiger partial charge in [-0.2, -0.15) is 5.26 Å². The van der Waals surface area contributed by atoms with E-state index in [2.05, 4.69) is 35.3 Å². The summed E-state index contributed by atoms with van der Waals surface area (Å²) in [6.07, 6.45) is 0. The number of likely N-dealkylation sites (N-methyl/N-ethyl adjacent to an activating group) is 2. The minimum atomic E-state index is -0.545. The summed E-state index contributed by atoms with van der Waals surface area (Å²) in [5, 5.41) is 11.9. The second-order valence-corrected chi connectivity index (χ2v) is 5.49. The van der Waals surface area contributed by atoms with Crippen LogP contribution in [0.1, 0.15) is 13.8 Å². The Kier molecular flexibility index (Phi) is 5.57. The van der Waals surface area contributed by atoms with E-state index in [-0.39, 0.29) is 11.8 Å². The molecule has 5 nitrogen and oxygen atoms in total. The number of nitriles is 1. The SMILES string of the molecule is CC(C)C(C#N)C(=O)NCC1CN(C)CCN1C. The average Bonchev–Trinajstić information content (AvgIpc) is 2.30. The molecule has 1 N–H and O–H groups in total. The molecule has 2 atom stereocenters. The highest BCUT2D eigenvalue weighted by Gasteiger charge is 2.25. The van der Waals surface area contributed by atoms with Crippen LogP contribution >= 0.6 is 0 Å². The number of hydrogen-bond donors (Lipinski definition) is 1. The number of nitrogens with one attached hydrogen (secondary N) is 1. The lowest BCUT2D eigenvalue weighted by Crippen LogP contribution is -2.54. The predicted molar refractivity (Wildman–Crippen MR) is 70.9 cm³/mol. The summed E-state index contributed by atoms with van der Waals surface area (Å²) in [5.74, 6) is -0.632. The van der Waals surface area contributed by atoms with E-state index >= 15 is 0 Å². The van der Waals surface area contributed by atoms with Gasteiger partial charge in [0.15, 0.2) is 0 Å². The van der Waals surface area contributed by atoms with Gasteiger partial charge in [0.05, 0.1) is 6.07 Å². The minimum Gasteiger partial charge on any atom is -0.353 e. The van der Waals surface area contributed by atoms with Crippen molar-refractivity contribution in [2.45, 2.75) is 19.9 Å². The lowest BCUT2D eigenvalue weighted by molar-refractivity contribution is -0.124. The fourth-order valence-corrected chi connectivity index (χ4v) is 2.16. The topological polar surface area (TPSA) is 59.4 Å². The largest absolute Gasteiger partial charge is 0.353 e. The van der Waals surface area contributed by atoms with Crippen LogP contribution in [0.5, 0.6) is 0 Å². The van der Waals surface area contributed by atoms with Crippen molar-refractivity contribution in [1.29, 1.82) is 5.26 Å². The number of amides is 1. The molecule has 1 heterocycles. The van der Waals surface area contributed by atoms with Crippen molar-refractivity contribution in [3.63, 3.8) is 0 Å². The number of carbonyl (C=O) groups is 1. The molecular formula is C13H24N4O. The van der Waals surface area contributed by atoms with Gasteiger partial charge in [0.25, 0.3) is 0 Å². The third-order valence-corrected chi connectivity index (χ3v) is 3.58. The normalized spacial score (nSPS) is 23.7. The summed E-state index contributed by atoms with van der Waals surface area (Å²) in [6.45, 7) is 7.44. The smallest absolute Gasteiger partial charge is 0.237 e. The van der Waals surface area contributed by atoms with Gasteiger partial charge in [-0.3, -0.25) is 9.69 Å². The van der Waals surface area contributed by atoms with Crippen molar-refractivity contribution >= 4 is 5.91 Å². The third kappa shape index (κ3) is 3.97. The van der Waals surface area contributed by atoms with E-state index in [1.54, 1.807) is 0 Å². The van der Waals surface area contributed by atoms with Crippen LogP contribution in [0.3, 0.4) is 0 Å². The molecule has 5 heteroatoms. The maximum atomic E-state index is 11.9. The van der Waals surface area contributed by atoms with Crippen molar-refractivity contribution in [3.05, 3.63) is 0 Å². The third-order valence-electron chi connectivity index (χ3n) is 3.58. The Bertz CT molecular complexity index is 323. The first kappa shape index (κ1) is 14.9. The van der Waals surface area contributed by atoms with Gasteiger partial charge in [0.1, 0.15) is 5.92 Å². The van der Waals surface area contributed by atoms with E-state index in [9.17, 15) is 4.79 Å². The van der Waals surface area contributed by atoms with Gasteiger partial charge in [0, 0.05) is 32.2 Å². The van der Waals surface area contributed by atoms with Crippen LogP contribution in [-0.2, 0) is 4.79 Å². The molecule has 0 aromatic carbocycles. The molecule has 0 aromatic rings. The summed E-state index contributed by atoms with van der Waals surface area (Å²) in [5.41, 5.74) is 0. The second kappa shape index (κ2) is 6.72. The zero-order valence-corrected chi connectivity index (χ0v) is 11.8. The fraction of sp³-hybridized carbons (Fsp3) is 0.846. The Morgan fingerprint density at radius 3 is 2.67 bits per heavy atom. The highest BCUT2D eigenvalue weighted by molar-refractivity contribution is 5.81. The van der Waals surface area contributed by atoms with Crippen LogP contribution in [0.4, 0.5) is 0 Å². The molecule has 2 unspecified atom stereocenters. The summed E-state index contributed by atoms with van der Waals surface area (Å²) >= 11 is 0. The predicted octanol–water partition coefficient (Wildman–Crippen LogP) is 0.144. The van der Waals surface area contributed by atoms with Crippen LogP contribution in [0.2, 0.25) is 0 Å². The first-order valence-electron chi connectivity index (χ1n) is 6.51. The van der Waals surface area contributed by atoms with E-state index in [1.807, 2.05) is 13.8 Å². The molecular weight excluding hydrogens is 228 g/mol. The van der Waals surface area contributed by atoms with Gasteiger partial charge in [-0.25, -0.2) is 0 Å². The highest BCUT2D eigenvalue weighted by Crippen LogP contribution is 2.10. The van der Waals surface area contributed by atoms with E-state index in [4.69, 9.17) is 5.26 Å². The lowest BCUT2D eigenvalue weighted by atomic mass is 9.96. The number of nitrogens with zero attached hydrogens (tertiary/aromatic N) is 3. The molecule has 1 rings (SSSR count). The zero-order valence-electron chi connectivity index (χ0n) is 11.8. The molecule has 102 valence electrons. The van der Waals surface area contributed by atoms with Gasteiger partial charge < -0.3 is 10.2 Å². The maximum Gasteiger partial charge on any atom is 0.237 e. The Morgan fingerprint density at radius 1 is 1.44 bits per heavy atom. The first-order chi connectivity index (χ1) is 8.45. The van der Waals surface area contributed by atoms with Crippen molar-refractivity contribution in [2.24, 2.45) is 11.8 Å². The van der Waals surface area contributed by atoms with Gasteiger partial charge in [-0.15, -0.1) is 0 Å². The Balaban J connectivity index is 2.44. The first-order valence-corrected chi connectivity index (χ1v) is 6.51. The molecule has 1 aliphatic rings. The number of hydrogen-bond acceptors (Lipinski definition) is 4. The van der Waals surface area contributed by atoms with Crippen molar-refractivity contribution in [2.75, 3.05) is 40.3 Å². The quantitative estimate of drug-likeness (QED) is 0.773. The molecule has 0 spiro atoms. The molecule has 0 aromatic heterocycles. The number of rotatable bonds is 4. The standard InChI is InChI=1S/C13H24N4O/c1-10(2)12(7-14)13(18)15-8-11-9-16(3)5-6-17(11)4/h10-12H,5-6,8-9H2,1-4H3,(H,15,18). The Hall–Kier alpha value is -1.12. The molecule has 1 saturated heterocycles. The van der Waals surface area contributed by atoms with E-state index in [0.29, 0.717) is 12.6 Å². The molecule has 0 radical (unpaired) electrons. The van der Waals surface area contributed by atoms with Gasteiger partial charge in [-0.1, -0.05) is 13.8 Å². The number of piperazine rings is 1. The molecule has 0 bridgehead atoms. The van der Waals surface area contributed by atoms with Gasteiger partial charge in [-0.05, 0) is 20.0 Å². The van der Waals surface area contributed by atoms with Gasteiger partial charge >= 0.3 is 0 Å². The summed E-state index contributed by atoms with van der Waals surface area (Å²) < 4.78 is 0. The lowest BCUT2D eigenvalue weighted by Gasteiger charge is -2.37. The van der Waals surface area contributed by atoms with Crippen LogP contribution in [0.15, 0.2) is 0 Å². The maximum absolute atomic E-state index is 11.9. The van der Waals surface area contributed by atoms with Gasteiger partial charge in [0.2, 0.25) is 5.91 Å². The fourth-order valence-electron chi connectivity index (χ4n) is 2.16. The van der Waals surface area contributed by atoms with E-state index in [0.717, 1.165) is 19.6 Å². The molecule has 1 amide bonds. The Morgan fingerprint density at radius 2 is 2.11 bits per heavy atom. The molecule has 1 aliphatic heterocycles. The molecule has 0 saturated carbocycles. The summed E-state index contributed by atoms with van der Waals surface area (Å²) in [6, 6.07) is 2.41. The monoisotopic (exact) mass is 252 g/mol. The van der Waals surface area contributed by atoms with E-state index in [1.165, 1.54) is 0 Å². The highest BCUT2D eigenvalue weighted by atomic mass is 16.1. The minimum absolute atomic E-state index is 0.0572. The van der Waals surface area contributed by atoms with Crippen LogP contribution in [0, 0.1) is 23.2 Å². The number of carbonyl (C=O) groups excluding carboxylic acids is 1. The second-order valence-electron chi connectivity index (χ2n) is 5.49. The van der Waals surface area contributed by atoms with Crippen molar-refractivity contribution < 1.29 is 4.79 Å². The van der Waals surface area contributed by atoms with Crippen LogP contribution < -0.4 is 5.32 Å². The summed E-state index contributed by atoms with van der Waals surface area (Å²) in [4.78, 5) is 16.4. The molecule has 0 aliphatic carbocycles. The summed E-state index contributed by atoms with van der Waals surface area (Å²) in [7, 11) is 4.17. The molecule has 18 heavy (non-hydrogen) atoms. The zero-order chi connectivity index (χ0) is 13.7. The average molecular weight is 252 g/mol. The van der Waals surface area contributed by atoms with Crippen molar-refractivity contribution in [3.8, 4) is 6.07 Å². The molecule has 1 fully saturated rings. The van der Waals surface area contributed by atoms with Crippen LogP contribution in [-0.4, -0.2) is 62.0 Å². The van der Waals surface area contributed by atoms with Crippen LogP contribution in [0.25, 0.3) is 0 Å².